The van der Waals surface area contributed by atoms with Gasteiger partial charge in [0.2, 0.25) is 0 Å². The summed E-state index contributed by atoms with van der Waals surface area (Å²) in [4.78, 5) is 12.7. The van der Waals surface area contributed by atoms with Crippen molar-refractivity contribution in [1.82, 2.24) is 9.99 Å². The molecule has 0 saturated heterocycles. The Morgan fingerprint density at radius 1 is 1.03 bits per heavy atom. The lowest BCUT2D eigenvalue weighted by molar-refractivity contribution is 0.0954. The van der Waals surface area contributed by atoms with Crippen molar-refractivity contribution in [3.05, 3.63) is 82.7 Å². The van der Waals surface area contributed by atoms with Crippen LogP contribution in [0.3, 0.4) is 0 Å². The molecule has 2 aromatic carbocycles. The molecular weight excluding hydrogens is 376 g/mol. The van der Waals surface area contributed by atoms with Gasteiger partial charge in [-0.15, -0.1) is 0 Å². The molecule has 0 aliphatic carbocycles. The number of amides is 1. The number of nitrogens with zero attached hydrogens (tertiary/aromatic N) is 2. The summed E-state index contributed by atoms with van der Waals surface area (Å²) in [5.74, 6) is -1.40. The van der Waals surface area contributed by atoms with E-state index in [1.165, 1.54) is 24.3 Å². The van der Waals surface area contributed by atoms with Gasteiger partial charge < -0.3 is 9.67 Å². The second-order valence-electron chi connectivity index (χ2n) is 6.61. The van der Waals surface area contributed by atoms with Gasteiger partial charge in [-0.2, -0.15) is 5.10 Å². The van der Waals surface area contributed by atoms with Gasteiger partial charge in [0.1, 0.15) is 17.4 Å². The zero-order valence-electron chi connectivity index (χ0n) is 16.3. The molecule has 1 amide bonds. The summed E-state index contributed by atoms with van der Waals surface area (Å²) in [6.07, 6.45) is 0.381. The molecule has 0 spiro atoms. The molecule has 3 aromatic rings. The van der Waals surface area contributed by atoms with Crippen LogP contribution in [0.5, 0.6) is 5.75 Å². The van der Waals surface area contributed by atoms with Crippen LogP contribution in [0.25, 0.3) is 5.69 Å². The number of phenolic OH excluding ortho intramolecular Hbond substituents is 1. The molecule has 1 heterocycles. The van der Waals surface area contributed by atoms with E-state index in [0.29, 0.717) is 23.4 Å². The first kappa shape index (κ1) is 20.3. The average Bonchev–Trinajstić information content (AvgIpc) is 3.00. The number of aryl methyl sites for hydroxylation is 1. The van der Waals surface area contributed by atoms with E-state index in [2.05, 4.69) is 10.5 Å². The van der Waals surface area contributed by atoms with Gasteiger partial charge in [0.25, 0.3) is 5.91 Å². The van der Waals surface area contributed by atoms with Crippen molar-refractivity contribution >= 4 is 11.6 Å². The summed E-state index contributed by atoms with van der Waals surface area (Å²) >= 11 is 0. The van der Waals surface area contributed by atoms with E-state index in [1.54, 1.807) is 32.0 Å². The van der Waals surface area contributed by atoms with E-state index < -0.39 is 11.7 Å². The number of rotatable bonds is 5. The molecular formula is C22H21F2N3O2. The van der Waals surface area contributed by atoms with E-state index in [9.17, 15) is 18.7 Å². The molecule has 2 N–H and O–H groups in total. The molecule has 7 heteroatoms. The molecule has 5 nitrogen and oxygen atoms in total. The first-order valence-corrected chi connectivity index (χ1v) is 9.12. The Hall–Kier alpha value is -3.48. The number of carbonyl (C=O) groups excluding carboxylic acids is 1. The number of halogens is 2. The second-order valence-corrected chi connectivity index (χ2v) is 6.61. The Morgan fingerprint density at radius 2 is 1.69 bits per heavy atom. The minimum absolute atomic E-state index is 0.115. The van der Waals surface area contributed by atoms with Crippen LogP contribution in [0.4, 0.5) is 8.78 Å². The first-order valence-electron chi connectivity index (χ1n) is 9.12. The van der Waals surface area contributed by atoms with Crippen LogP contribution in [-0.4, -0.2) is 21.3 Å². The highest BCUT2D eigenvalue weighted by Gasteiger charge is 2.17. The van der Waals surface area contributed by atoms with E-state index in [-0.39, 0.29) is 17.1 Å². The monoisotopic (exact) mass is 397 g/mol. The van der Waals surface area contributed by atoms with Gasteiger partial charge in [0, 0.05) is 22.6 Å². The standard InChI is InChI=1S/C22H21F2N3O2/c1-4-20(19-12-16(24)7-10-21(19)28)25-26-22(29)18-11-13(2)27(14(18)3)17-8-5-15(23)6-9-17/h5-12,28H,4H2,1-3H3,(H,26,29). The number of carbonyl (C=O) groups is 1. The van der Waals surface area contributed by atoms with Gasteiger partial charge >= 0.3 is 0 Å². The molecule has 0 fully saturated rings. The third-order valence-corrected chi connectivity index (χ3v) is 4.66. The van der Waals surface area contributed by atoms with Crippen molar-refractivity contribution in [2.75, 3.05) is 0 Å². The van der Waals surface area contributed by atoms with Crippen molar-refractivity contribution in [3.8, 4) is 11.4 Å². The quantitative estimate of drug-likeness (QED) is 0.487. The number of nitrogens with one attached hydrogen (secondary N) is 1. The van der Waals surface area contributed by atoms with Gasteiger partial charge in [0.15, 0.2) is 0 Å². The van der Waals surface area contributed by atoms with Crippen molar-refractivity contribution in [3.63, 3.8) is 0 Å². The van der Waals surface area contributed by atoms with E-state index >= 15 is 0 Å². The molecule has 3 rings (SSSR count). The largest absolute Gasteiger partial charge is 0.507 e. The molecule has 0 bridgehead atoms. The fourth-order valence-electron chi connectivity index (χ4n) is 3.23. The Labute approximate surface area is 167 Å². The van der Waals surface area contributed by atoms with Gasteiger partial charge in [-0.25, -0.2) is 14.2 Å². The highest BCUT2D eigenvalue weighted by atomic mass is 19.1. The van der Waals surface area contributed by atoms with Gasteiger partial charge in [-0.05, 0) is 68.8 Å². The third kappa shape index (κ3) is 4.18. The molecule has 150 valence electrons. The van der Waals surface area contributed by atoms with Crippen LogP contribution < -0.4 is 5.43 Å². The van der Waals surface area contributed by atoms with E-state index in [0.717, 1.165) is 17.4 Å². The third-order valence-electron chi connectivity index (χ3n) is 4.66. The smallest absolute Gasteiger partial charge is 0.273 e. The molecule has 0 unspecified atom stereocenters. The molecule has 0 aliphatic heterocycles. The van der Waals surface area contributed by atoms with Crippen molar-refractivity contribution in [2.24, 2.45) is 5.10 Å². The molecule has 0 saturated carbocycles. The normalized spacial score (nSPS) is 11.6. The van der Waals surface area contributed by atoms with Crippen LogP contribution in [0.2, 0.25) is 0 Å². The van der Waals surface area contributed by atoms with Crippen molar-refractivity contribution in [2.45, 2.75) is 27.2 Å². The second kappa shape index (κ2) is 8.26. The topological polar surface area (TPSA) is 66.6 Å². The van der Waals surface area contributed by atoms with Crippen LogP contribution in [-0.2, 0) is 0 Å². The Balaban J connectivity index is 1.89. The SMILES string of the molecule is CCC(=NNC(=O)c1cc(C)n(-c2ccc(F)cc2)c1C)c1cc(F)ccc1O. The number of aromatic nitrogens is 1. The van der Waals surface area contributed by atoms with Crippen LogP contribution in [0.1, 0.15) is 40.7 Å². The van der Waals surface area contributed by atoms with Crippen LogP contribution in [0.15, 0.2) is 53.6 Å². The highest BCUT2D eigenvalue weighted by Crippen LogP contribution is 2.22. The fourth-order valence-corrected chi connectivity index (χ4v) is 3.23. The molecule has 0 aliphatic rings. The minimum Gasteiger partial charge on any atom is -0.507 e. The van der Waals surface area contributed by atoms with E-state index in [1.807, 2.05) is 11.5 Å². The Morgan fingerprint density at radius 3 is 2.34 bits per heavy atom. The molecule has 1 aromatic heterocycles. The lowest BCUT2D eigenvalue weighted by Gasteiger charge is -2.10. The number of hydrogen-bond acceptors (Lipinski definition) is 3. The maximum atomic E-state index is 13.5. The van der Waals surface area contributed by atoms with Gasteiger partial charge in [0.05, 0.1) is 11.3 Å². The number of phenols is 1. The molecule has 29 heavy (non-hydrogen) atoms. The predicted octanol–water partition coefficient (Wildman–Crippen LogP) is 4.62. The lowest BCUT2D eigenvalue weighted by atomic mass is 10.1. The predicted molar refractivity (Wildman–Crippen MR) is 108 cm³/mol. The molecule has 0 atom stereocenters. The maximum absolute atomic E-state index is 13.5. The Bertz CT molecular complexity index is 1090. The number of benzene rings is 2. The maximum Gasteiger partial charge on any atom is 0.273 e. The minimum atomic E-state index is -0.506. The van der Waals surface area contributed by atoms with Gasteiger partial charge in [-0.3, -0.25) is 4.79 Å². The zero-order valence-corrected chi connectivity index (χ0v) is 16.3. The Kier molecular flexibility index (Phi) is 5.77. The summed E-state index contributed by atoms with van der Waals surface area (Å²) in [5, 5.41) is 14.0. The van der Waals surface area contributed by atoms with Crippen molar-refractivity contribution < 1.29 is 18.7 Å². The zero-order chi connectivity index (χ0) is 21.1. The number of hydrazone groups is 1. The van der Waals surface area contributed by atoms with Gasteiger partial charge in [-0.1, -0.05) is 6.92 Å². The number of hydrogen-bond donors (Lipinski definition) is 2. The van der Waals surface area contributed by atoms with Crippen LogP contribution >= 0.6 is 0 Å². The van der Waals surface area contributed by atoms with E-state index in [4.69, 9.17) is 0 Å². The average molecular weight is 397 g/mol. The fraction of sp³-hybridized carbons (Fsp3) is 0.182. The summed E-state index contributed by atoms with van der Waals surface area (Å²) in [6, 6.07) is 11.3. The van der Waals surface area contributed by atoms with Crippen LogP contribution in [0, 0.1) is 25.5 Å². The van der Waals surface area contributed by atoms with Crippen molar-refractivity contribution in [1.29, 1.82) is 0 Å². The highest BCUT2D eigenvalue weighted by molar-refractivity contribution is 6.04. The summed E-state index contributed by atoms with van der Waals surface area (Å²) < 4.78 is 28.6. The number of aromatic hydroxyl groups is 1. The lowest BCUT2D eigenvalue weighted by Crippen LogP contribution is -2.20. The first-order chi connectivity index (χ1) is 13.8. The molecule has 0 radical (unpaired) electrons. The summed E-state index contributed by atoms with van der Waals surface area (Å²) in [5.41, 5.74) is 5.69. The summed E-state index contributed by atoms with van der Waals surface area (Å²) in [7, 11) is 0. The summed E-state index contributed by atoms with van der Waals surface area (Å²) in [6.45, 7) is 5.42.